The van der Waals surface area contributed by atoms with Crippen molar-refractivity contribution in [2.45, 2.75) is 0 Å². The van der Waals surface area contributed by atoms with E-state index in [0.717, 1.165) is 0 Å². The van der Waals surface area contributed by atoms with Crippen LogP contribution in [0.25, 0.3) is 0 Å². The fourth-order valence-corrected chi connectivity index (χ4v) is 1.29. The van der Waals surface area contributed by atoms with E-state index in [-0.39, 0.29) is 71.3 Å². The molecule has 0 radical (unpaired) electrons. The molecule has 0 aromatic heterocycles. The van der Waals surface area contributed by atoms with Crippen LogP contribution in [0.15, 0.2) is 48.5 Å². The molecule has 0 aliphatic heterocycles. The third-order valence-electron chi connectivity index (χ3n) is 2.25. The van der Waals surface area contributed by atoms with Crippen molar-refractivity contribution in [1.82, 2.24) is 0 Å². The van der Waals surface area contributed by atoms with Gasteiger partial charge in [0.25, 0.3) is 0 Å². The summed E-state index contributed by atoms with van der Waals surface area (Å²) in [6.07, 6.45) is 0. The van der Waals surface area contributed by atoms with E-state index < -0.39 is 11.9 Å². The molecule has 2 aromatic carbocycles. The first-order valence-corrected chi connectivity index (χ1v) is 5.42. The summed E-state index contributed by atoms with van der Waals surface area (Å²) in [5, 5.41) is 38.0. The van der Waals surface area contributed by atoms with Crippen LogP contribution in [0.2, 0.25) is 0 Å². The number of aromatic hydroxyl groups is 2. The van der Waals surface area contributed by atoms with Crippen molar-refractivity contribution in [1.29, 1.82) is 0 Å². The number of hydrogen-bond acceptors (Lipinski definition) is 6. The maximum atomic E-state index is 10.2. The molecule has 0 saturated carbocycles. The fourth-order valence-electron chi connectivity index (χ4n) is 1.29. The normalized spacial score (nSPS) is 8.00. The smallest absolute Gasteiger partial charge is 0.545 e. The molecule has 23 heavy (non-hydrogen) atoms. The molecule has 0 saturated heterocycles. The number of rotatable bonds is 2. The van der Waals surface area contributed by atoms with Crippen LogP contribution in [0.1, 0.15) is 20.7 Å². The van der Waals surface area contributed by atoms with Gasteiger partial charge in [0.15, 0.2) is 0 Å². The molecule has 9 heteroatoms. The summed E-state index contributed by atoms with van der Waals surface area (Å²) in [6.45, 7) is 0. The Labute approximate surface area is 161 Å². The van der Waals surface area contributed by atoms with E-state index in [1.54, 1.807) is 12.1 Å². The summed E-state index contributed by atoms with van der Waals surface area (Å²) in [4.78, 5) is 20.3. The number of carboxylic acids is 2. The molecule has 0 fully saturated rings. The maximum absolute atomic E-state index is 10.2. The second kappa shape index (κ2) is 12.7. The van der Waals surface area contributed by atoms with Crippen molar-refractivity contribution in [3.63, 3.8) is 0 Å². The van der Waals surface area contributed by atoms with Gasteiger partial charge in [0.05, 0.1) is 11.9 Å². The molecule has 6 N–H and O–H groups in total. The molecule has 8 nitrogen and oxygen atoms in total. The predicted molar refractivity (Wildman–Crippen MR) is 77.9 cm³/mol. The molecule has 0 aliphatic carbocycles. The number of aromatic carboxylic acids is 2. The van der Waals surface area contributed by atoms with Crippen molar-refractivity contribution in [3.8, 4) is 11.5 Å². The quantitative estimate of drug-likeness (QED) is 0.563. The molecule has 0 heterocycles. The minimum Gasteiger partial charge on any atom is -0.545 e. The maximum Gasteiger partial charge on any atom is 2.00 e. The topological polar surface area (TPSA) is 184 Å². The van der Waals surface area contributed by atoms with Gasteiger partial charge in [-0.2, -0.15) is 0 Å². The summed E-state index contributed by atoms with van der Waals surface area (Å²) >= 11 is 0. The number of para-hydroxylation sites is 2. The van der Waals surface area contributed by atoms with Crippen LogP contribution in [-0.2, 0) is 0 Å². The first kappa shape index (κ1) is 26.1. The van der Waals surface area contributed by atoms with Crippen molar-refractivity contribution in [2.75, 3.05) is 0 Å². The fraction of sp³-hybridized carbons (Fsp3) is 0. The summed E-state index contributed by atoms with van der Waals surface area (Å²) in [6, 6.07) is 11.3. The largest absolute Gasteiger partial charge is 2.00 e. The molecule has 0 unspecified atom stereocenters. The zero-order valence-corrected chi connectivity index (χ0v) is 14.1. The number of carbonyl (C=O) groups excluding carboxylic acids is 2. The van der Waals surface area contributed by atoms with Crippen LogP contribution >= 0.6 is 0 Å². The van der Waals surface area contributed by atoms with Gasteiger partial charge >= 0.3 is 37.7 Å². The van der Waals surface area contributed by atoms with Gasteiger partial charge in [-0.05, 0) is 24.3 Å². The zero-order valence-electron chi connectivity index (χ0n) is 11.9. The van der Waals surface area contributed by atoms with Crippen molar-refractivity contribution >= 4 is 49.7 Å². The van der Waals surface area contributed by atoms with Gasteiger partial charge in [-0.15, -0.1) is 0 Å². The molecule has 0 spiro atoms. The Morgan fingerprint density at radius 3 is 1.13 bits per heavy atom. The van der Waals surface area contributed by atoms with Gasteiger partial charge in [0.1, 0.15) is 11.5 Å². The Balaban J connectivity index is -0.000000308. The second-order valence-corrected chi connectivity index (χ2v) is 3.61. The van der Waals surface area contributed by atoms with Gasteiger partial charge in [0.2, 0.25) is 0 Å². The van der Waals surface area contributed by atoms with E-state index in [9.17, 15) is 19.8 Å². The van der Waals surface area contributed by atoms with E-state index >= 15 is 0 Å². The van der Waals surface area contributed by atoms with Crippen LogP contribution in [0.3, 0.4) is 0 Å². The summed E-state index contributed by atoms with van der Waals surface area (Å²) in [5.41, 5.74) is -0.356. The van der Waals surface area contributed by atoms with Crippen LogP contribution < -0.4 is 10.2 Å². The first-order valence-electron chi connectivity index (χ1n) is 5.42. The van der Waals surface area contributed by atoms with Crippen LogP contribution in [0.4, 0.5) is 0 Å². The van der Waals surface area contributed by atoms with Gasteiger partial charge in [0, 0.05) is 11.1 Å². The number of benzene rings is 2. The summed E-state index contributed by atoms with van der Waals surface area (Å²) in [7, 11) is 0. The minimum absolute atomic E-state index is 0. The number of phenols is 2. The Morgan fingerprint density at radius 2 is 0.957 bits per heavy atom. The van der Waals surface area contributed by atoms with Crippen LogP contribution in [-0.4, -0.2) is 70.8 Å². The van der Waals surface area contributed by atoms with E-state index in [4.69, 9.17) is 10.2 Å². The molecule has 0 aliphatic rings. The predicted octanol–water partition coefficient (Wildman–Crippen LogP) is -2.52. The zero-order chi connectivity index (χ0) is 15.1. The van der Waals surface area contributed by atoms with E-state index in [1.807, 2.05) is 0 Å². The van der Waals surface area contributed by atoms with Gasteiger partial charge in [-0.25, -0.2) is 0 Å². The molecular weight excluding hydrogens is 336 g/mol. The standard InChI is InChI=1S/2C7H6O3.Ca.2H2O/c2*8-6-4-2-1-3-5(6)7(9)10;;;/h2*1-4,8H,(H,9,10);;2*1H2/q;;+2;;/p-2. The monoisotopic (exact) mass is 350 g/mol. The SMILES string of the molecule is O.O.O=C([O-])c1ccccc1O.O=C([O-])c1ccccc1O.[Ca+2]. The molecule has 2 aromatic rings. The molecule has 0 atom stereocenters. The average Bonchev–Trinajstić information content (AvgIpc) is 2.40. The molecule has 120 valence electrons. The van der Waals surface area contributed by atoms with Crippen LogP contribution in [0, 0.1) is 0 Å². The number of carboxylic acid groups (broad SMARTS) is 2. The third-order valence-corrected chi connectivity index (χ3v) is 2.25. The van der Waals surface area contributed by atoms with Crippen molar-refractivity contribution < 1.29 is 41.0 Å². The second-order valence-electron chi connectivity index (χ2n) is 3.61. The minimum atomic E-state index is -1.36. The first-order chi connectivity index (χ1) is 9.43. The van der Waals surface area contributed by atoms with E-state index in [1.165, 1.54) is 36.4 Å². The molecule has 0 bridgehead atoms. The molecule has 0 amide bonds. The van der Waals surface area contributed by atoms with Gasteiger partial charge in [-0.3, -0.25) is 0 Å². The Morgan fingerprint density at radius 1 is 0.696 bits per heavy atom. The van der Waals surface area contributed by atoms with E-state index in [2.05, 4.69) is 0 Å². The third kappa shape index (κ3) is 8.38. The van der Waals surface area contributed by atoms with Crippen molar-refractivity contribution in [2.24, 2.45) is 0 Å². The van der Waals surface area contributed by atoms with Gasteiger partial charge < -0.3 is 41.0 Å². The Hall–Kier alpha value is -1.84. The number of carbonyl (C=O) groups is 2. The molecular formula is C14H14CaO8. The average molecular weight is 350 g/mol. The number of hydrogen-bond donors (Lipinski definition) is 2. The summed E-state index contributed by atoms with van der Waals surface area (Å²) in [5.74, 6) is -3.25. The Kier molecular flexibility index (Phi) is 14.4. The molecule has 2 rings (SSSR count). The van der Waals surface area contributed by atoms with Crippen LogP contribution in [0.5, 0.6) is 11.5 Å². The van der Waals surface area contributed by atoms with Gasteiger partial charge in [-0.1, -0.05) is 24.3 Å². The van der Waals surface area contributed by atoms with Crippen molar-refractivity contribution in [3.05, 3.63) is 59.7 Å². The summed E-state index contributed by atoms with van der Waals surface area (Å²) < 4.78 is 0. The Bertz CT molecular complexity index is 574. The van der Waals surface area contributed by atoms with E-state index in [0.29, 0.717) is 0 Å².